The zero-order chi connectivity index (χ0) is 27.8. The first kappa shape index (κ1) is 25.3. The second-order valence-electron chi connectivity index (χ2n) is 10.3. The van der Waals surface area contributed by atoms with Crippen molar-refractivity contribution in [1.82, 2.24) is 0 Å². The second kappa shape index (κ2) is 9.16. The molecule has 0 saturated carbocycles. The number of thiophene rings is 1. The minimum Gasteiger partial charge on any atom is -0.352 e. The number of halogens is 2. The van der Waals surface area contributed by atoms with Gasteiger partial charge >= 0.3 is 0 Å². The van der Waals surface area contributed by atoms with Gasteiger partial charge < -0.3 is 10.2 Å². The lowest BCUT2D eigenvalue weighted by molar-refractivity contribution is -0.121. The first-order chi connectivity index (χ1) is 19.3. The molecule has 3 aromatic carbocycles. The summed E-state index contributed by atoms with van der Waals surface area (Å²) >= 11 is 14.1. The molecule has 4 unspecified atom stereocenters. The summed E-state index contributed by atoms with van der Waals surface area (Å²) in [6, 6.07) is 22.0. The van der Waals surface area contributed by atoms with E-state index in [0.29, 0.717) is 21.2 Å². The highest BCUT2D eigenvalue weighted by Gasteiger charge is 2.70. The summed E-state index contributed by atoms with van der Waals surface area (Å²) in [4.78, 5) is 46.2. The summed E-state index contributed by atoms with van der Waals surface area (Å²) in [7, 11) is 0. The van der Waals surface area contributed by atoms with Crippen molar-refractivity contribution in [1.29, 1.82) is 0 Å². The van der Waals surface area contributed by atoms with Gasteiger partial charge in [0.25, 0.3) is 0 Å². The molecule has 0 aliphatic carbocycles. The highest BCUT2D eigenvalue weighted by molar-refractivity contribution is 7.12. The van der Waals surface area contributed by atoms with Gasteiger partial charge in [-0.15, -0.1) is 11.3 Å². The highest BCUT2D eigenvalue weighted by atomic mass is 35.5. The number of nitrogens with one attached hydrogen (secondary N) is 1. The number of Topliss-reactive ketones (excluding diaryl/α,β-unsaturated/α-hetero) is 2. The van der Waals surface area contributed by atoms with Crippen LogP contribution in [-0.4, -0.2) is 29.6 Å². The second-order valence-corrected chi connectivity index (χ2v) is 12.1. The average Bonchev–Trinajstić information content (AvgIpc) is 3.65. The van der Waals surface area contributed by atoms with Crippen LogP contribution in [0.2, 0.25) is 10.0 Å². The number of carbonyl (C=O) groups excluding carboxylic acids is 3. The van der Waals surface area contributed by atoms with Crippen molar-refractivity contribution in [3.63, 3.8) is 0 Å². The smallest absolute Gasteiger partial charge is 0.238 e. The lowest BCUT2D eigenvalue weighted by atomic mass is 9.64. The van der Waals surface area contributed by atoms with Gasteiger partial charge in [-0.25, -0.2) is 0 Å². The molecule has 1 aromatic heterocycles. The van der Waals surface area contributed by atoms with Crippen molar-refractivity contribution in [2.24, 2.45) is 5.92 Å². The molecule has 1 spiro atoms. The van der Waals surface area contributed by atoms with Crippen LogP contribution < -0.4 is 10.2 Å². The number of allylic oxidation sites excluding steroid dienone is 1. The molecule has 198 valence electrons. The van der Waals surface area contributed by atoms with E-state index in [1.165, 1.54) is 17.4 Å². The van der Waals surface area contributed by atoms with Crippen LogP contribution in [0.15, 0.2) is 90.3 Å². The predicted octanol–water partition coefficient (Wildman–Crippen LogP) is 7.30. The van der Waals surface area contributed by atoms with Crippen LogP contribution in [-0.2, 0) is 10.2 Å². The first-order valence-electron chi connectivity index (χ1n) is 12.9. The molecule has 8 heteroatoms. The molecule has 4 heterocycles. The fraction of sp³-hybridized carbons (Fsp3) is 0.156. The normalized spacial score (nSPS) is 24.3. The minimum atomic E-state index is -1.39. The van der Waals surface area contributed by atoms with Crippen molar-refractivity contribution in [2.45, 2.75) is 24.4 Å². The Morgan fingerprint density at radius 1 is 0.950 bits per heavy atom. The molecule has 1 N–H and O–H groups in total. The molecular weight excluding hydrogens is 563 g/mol. The van der Waals surface area contributed by atoms with Crippen LogP contribution in [0.3, 0.4) is 0 Å². The Morgan fingerprint density at radius 3 is 2.50 bits per heavy atom. The predicted molar refractivity (Wildman–Crippen MR) is 160 cm³/mol. The molecule has 3 aliphatic heterocycles. The Kier molecular flexibility index (Phi) is 5.79. The number of amides is 1. The third-order valence-corrected chi connectivity index (χ3v) is 9.83. The maximum absolute atomic E-state index is 14.8. The third-order valence-electron chi connectivity index (χ3n) is 8.40. The Labute approximate surface area is 245 Å². The van der Waals surface area contributed by atoms with Crippen molar-refractivity contribution in [3.8, 4) is 0 Å². The van der Waals surface area contributed by atoms with E-state index in [2.05, 4.69) is 5.32 Å². The van der Waals surface area contributed by atoms with Gasteiger partial charge in [0.2, 0.25) is 5.91 Å². The molecule has 0 bridgehead atoms. The molecule has 4 aromatic rings. The number of ketones is 2. The number of benzene rings is 3. The van der Waals surface area contributed by atoms with Gasteiger partial charge in [-0.05, 0) is 59.8 Å². The van der Waals surface area contributed by atoms with E-state index in [0.717, 1.165) is 16.8 Å². The van der Waals surface area contributed by atoms with E-state index in [9.17, 15) is 14.4 Å². The third kappa shape index (κ3) is 3.36. The maximum Gasteiger partial charge on any atom is 0.238 e. The van der Waals surface area contributed by atoms with Crippen molar-refractivity contribution in [2.75, 3.05) is 10.2 Å². The Balaban J connectivity index is 1.57. The molecule has 40 heavy (non-hydrogen) atoms. The van der Waals surface area contributed by atoms with E-state index in [-0.39, 0.29) is 28.1 Å². The number of nitrogens with zero attached hydrogens (tertiary/aromatic N) is 1. The number of fused-ring (bicyclic) bond motifs is 6. The summed E-state index contributed by atoms with van der Waals surface area (Å²) in [5.41, 5.74) is 2.94. The summed E-state index contributed by atoms with van der Waals surface area (Å²) in [5.74, 6) is -1.97. The maximum atomic E-state index is 14.8. The van der Waals surface area contributed by atoms with Crippen LogP contribution in [0.25, 0.3) is 5.57 Å². The summed E-state index contributed by atoms with van der Waals surface area (Å²) < 4.78 is 0. The molecule has 1 fully saturated rings. The summed E-state index contributed by atoms with van der Waals surface area (Å²) in [6.45, 7) is 2.00. The molecule has 3 aliphatic rings. The quantitative estimate of drug-likeness (QED) is 0.255. The SMILES string of the molecule is CC1=CC2N(c3ccccc31)C(C(=O)c1cccs1)C(C(=O)c1ccc(Cl)cc1Cl)C21C(=O)Nc2ccccc21. The lowest BCUT2D eigenvalue weighted by Crippen LogP contribution is -2.51. The van der Waals surface area contributed by atoms with Crippen LogP contribution in [0, 0.1) is 5.92 Å². The Bertz CT molecular complexity index is 1770. The van der Waals surface area contributed by atoms with E-state index >= 15 is 0 Å². The van der Waals surface area contributed by atoms with E-state index in [4.69, 9.17) is 23.2 Å². The number of carbonyl (C=O) groups is 3. The van der Waals surface area contributed by atoms with Crippen molar-refractivity contribution < 1.29 is 14.4 Å². The van der Waals surface area contributed by atoms with Gasteiger partial charge in [0, 0.05) is 27.5 Å². The van der Waals surface area contributed by atoms with Gasteiger partial charge in [0.1, 0.15) is 11.5 Å². The van der Waals surface area contributed by atoms with Crippen LogP contribution in [0.5, 0.6) is 0 Å². The van der Waals surface area contributed by atoms with Gasteiger partial charge in [-0.3, -0.25) is 14.4 Å². The molecular formula is C32H22Cl2N2O3S. The monoisotopic (exact) mass is 584 g/mol. The minimum absolute atomic E-state index is 0.179. The van der Waals surface area contributed by atoms with Crippen molar-refractivity contribution >= 4 is 69.0 Å². The largest absolute Gasteiger partial charge is 0.352 e. The zero-order valence-electron chi connectivity index (χ0n) is 21.2. The van der Waals surface area contributed by atoms with Gasteiger partial charge in [0.15, 0.2) is 11.6 Å². The fourth-order valence-electron chi connectivity index (χ4n) is 6.81. The van der Waals surface area contributed by atoms with Gasteiger partial charge in [-0.2, -0.15) is 0 Å². The molecule has 0 radical (unpaired) electrons. The van der Waals surface area contributed by atoms with Crippen LogP contribution in [0.1, 0.15) is 38.1 Å². The van der Waals surface area contributed by atoms with Crippen molar-refractivity contribution in [3.05, 3.63) is 122 Å². The summed E-state index contributed by atoms with van der Waals surface area (Å²) in [5, 5.41) is 5.46. The van der Waals surface area contributed by atoms with Crippen LogP contribution >= 0.6 is 34.5 Å². The van der Waals surface area contributed by atoms with E-state index < -0.39 is 23.4 Å². The van der Waals surface area contributed by atoms with Crippen LogP contribution in [0.4, 0.5) is 11.4 Å². The Morgan fingerprint density at radius 2 is 1.73 bits per heavy atom. The number of hydrogen-bond acceptors (Lipinski definition) is 5. The standard InChI is InChI=1S/C32H22Cl2N2O3S/c1-17-15-26-32(21-8-3-4-9-23(21)35-31(32)39)27(29(37)20-13-12-18(33)16-22(20)34)28(30(38)25-11-6-14-40-25)36(26)24-10-5-2-7-19(17)24/h2-16,26-28H,1H3,(H,35,39). The van der Waals surface area contributed by atoms with Gasteiger partial charge in [0.05, 0.1) is 21.9 Å². The average molecular weight is 586 g/mol. The lowest BCUT2D eigenvalue weighted by Gasteiger charge is -2.39. The molecule has 7 rings (SSSR count). The first-order valence-corrected chi connectivity index (χ1v) is 14.5. The number of para-hydroxylation sites is 2. The highest BCUT2D eigenvalue weighted by Crippen LogP contribution is 2.59. The number of rotatable bonds is 4. The van der Waals surface area contributed by atoms with E-state index in [1.54, 1.807) is 18.2 Å². The topological polar surface area (TPSA) is 66.5 Å². The number of hydrogen-bond donors (Lipinski definition) is 1. The zero-order valence-corrected chi connectivity index (χ0v) is 23.6. The summed E-state index contributed by atoms with van der Waals surface area (Å²) in [6.07, 6.45) is 2.04. The molecule has 4 atom stereocenters. The van der Waals surface area contributed by atoms with Gasteiger partial charge in [-0.1, -0.05) is 71.7 Å². The molecule has 1 amide bonds. The molecule has 1 saturated heterocycles. The van der Waals surface area contributed by atoms with E-state index in [1.807, 2.05) is 77.9 Å². The molecule has 5 nitrogen and oxygen atoms in total. The number of anilines is 2. The fourth-order valence-corrected chi connectivity index (χ4v) is 8.01. The Hall–Kier alpha value is -3.71.